The van der Waals surface area contributed by atoms with Crippen LogP contribution in [0, 0.1) is 0 Å². The summed E-state index contributed by atoms with van der Waals surface area (Å²) in [6.45, 7) is 4.62. The van der Waals surface area contributed by atoms with Gasteiger partial charge in [-0.2, -0.15) is 0 Å². The van der Waals surface area contributed by atoms with E-state index in [4.69, 9.17) is 18.9 Å². The first-order chi connectivity index (χ1) is 13.9. The summed E-state index contributed by atoms with van der Waals surface area (Å²) in [5.41, 5.74) is 1.32. The van der Waals surface area contributed by atoms with E-state index in [1.54, 1.807) is 6.26 Å². The summed E-state index contributed by atoms with van der Waals surface area (Å²) in [5, 5.41) is 6.82. The molecule has 1 unspecified atom stereocenters. The van der Waals surface area contributed by atoms with Crippen molar-refractivity contribution < 1.29 is 13.9 Å². The first-order valence-corrected chi connectivity index (χ1v) is 10.2. The normalized spacial score (nSPS) is 17.0. The Labute approximate surface area is 167 Å². The summed E-state index contributed by atoms with van der Waals surface area (Å²) in [6.07, 6.45) is 5.67. The minimum atomic E-state index is 0.263. The van der Waals surface area contributed by atoms with Crippen LogP contribution in [-0.2, 0) is 22.3 Å². The van der Waals surface area contributed by atoms with Crippen molar-refractivity contribution >= 4 is 5.96 Å². The molecule has 0 radical (unpaired) electrons. The van der Waals surface area contributed by atoms with Crippen LogP contribution in [0.3, 0.4) is 0 Å². The second-order valence-corrected chi connectivity index (χ2v) is 6.86. The highest BCUT2D eigenvalue weighted by Gasteiger charge is 2.15. The highest BCUT2D eigenvalue weighted by Crippen LogP contribution is 2.08. The van der Waals surface area contributed by atoms with Gasteiger partial charge in [0.25, 0.3) is 0 Å². The van der Waals surface area contributed by atoms with Crippen LogP contribution >= 0.6 is 0 Å². The summed E-state index contributed by atoms with van der Waals surface area (Å²) < 4.78 is 16.5. The fraction of sp³-hybridized carbons (Fsp3) is 0.500. The van der Waals surface area contributed by atoms with Gasteiger partial charge in [-0.1, -0.05) is 30.3 Å². The number of hydrogen-bond donors (Lipinski definition) is 2. The number of nitrogens with zero attached hydrogens (tertiary/aromatic N) is 1. The third-order valence-corrected chi connectivity index (χ3v) is 4.61. The van der Waals surface area contributed by atoms with Crippen molar-refractivity contribution in [2.45, 2.75) is 31.8 Å². The maximum Gasteiger partial charge on any atom is 0.191 e. The van der Waals surface area contributed by atoms with E-state index in [9.17, 15) is 0 Å². The van der Waals surface area contributed by atoms with Crippen molar-refractivity contribution in [3.05, 3.63) is 60.1 Å². The van der Waals surface area contributed by atoms with Gasteiger partial charge in [-0.25, -0.2) is 0 Å². The van der Waals surface area contributed by atoms with E-state index < -0.39 is 0 Å². The molecule has 2 N–H and O–H groups in total. The Morgan fingerprint density at radius 2 is 1.93 bits per heavy atom. The molecule has 1 aromatic carbocycles. The van der Waals surface area contributed by atoms with Crippen LogP contribution in [0.15, 0.2) is 58.1 Å². The average Bonchev–Trinajstić information content (AvgIpc) is 3.42. The highest BCUT2D eigenvalue weighted by molar-refractivity contribution is 5.79. The van der Waals surface area contributed by atoms with E-state index in [1.807, 2.05) is 18.2 Å². The molecule has 1 fully saturated rings. The smallest absolute Gasteiger partial charge is 0.191 e. The third kappa shape index (κ3) is 7.74. The summed E-state index contributed by atoms with van der Waals surface area (Å²) in [4.78, 5) is 4.69. The molecule has 2 aromatic rings. The van der Waals surface area contributed by atoms with Crippen LogP contribution in [0.1, 0.15) is 24.2 Å². The average molecular weight is 386 g/mol. The van der Waals surface area contributed by atoms with Crippen molar-refractivity contribution in [3.8, 4) is 0 Å². The number of hydrogen-bond acceptors (Lipinski definition) is 4. The Bertz CT molecular complexity index is 668. The Morgan fingerprint density at radius 3 is 2.68 bits per heavy atom. The molecule has 1 saturated heterocycles. The SMILES string of the molecule is c1ccc(CCNC(=NCCCOC2CCOC2)NCCc2ccco2)cc1. The number of benzene rings is 1. The van der Waals surface area contributed by atoms with E-state index >= 15 is 0 Å². The van der Waals surface area contributed by atoms with Gasteiger partial charge in [-0.15, -0.1) is 0 Å². The molecule has 1 aliphatic heterocycles. The van der Waals surface area contributed by atoms with Gasteiger partial charge in [-0.3, -0.25) is 4.99 Å². The highest BCUT2D eigenvalue weighted by atomic mass is 16.5. The zero-order valence-corrected chi connectivity index (χ0v) is 16.4. The van der Waals surface area contributed by atoms with Crippen molar-refractivity contribution in [2.75, 3.05) is 39.5 Å². The predicted molar refractivity (Wildman–Crippen MR) is 111 cm³/mol. The van der Waals surface area contributed by atoms with Crippen molar-refractivity contribution in [3.63, 3.8) is 0 Å². The number of aliphatic imine (C=N–C) groups is 1. The minimum Gasteiger partial charge on any atom is -0.469 e. The maximum absolute atomic E-state index is 5.81. The summed E-state index contributed by atoms with van der Waals surface area (Å²) >= 11 is 0. The standard InChI is InChI=1S/C22H31N3O3/c1-2-6-19(7-3-1)9-13-24-22(25-14-10-20-8-4-15-27-20)23-12-5-16-28-21-11-17-26-18-21/h1-4,6-8,15,21H,5,9-14,16-18H2,(H2,23,24,25). The summed E-state index contributed by atoms with van der Waals surface area (Å²) in [5.74, 6) is 1.81. The van der Waals surface area contributed by atoms with Crippen LogP contribution in [0.4, 0.5) is 0 Å². The molecule has 6 heteroatoms. The minimum absolute atomic E-state index is 0.263. The number of furan rings is 1. The maximum atomic E-state index is 5.81. The van der Waals surface area contributed by atoms with Gasteiger partial charge in [0.05, 0.1) is 19.0 Å². The van der Waals surface area contributed by atoms with Crippen LogP contribution in [-0.4, -0.2) is 51.5 Å². The lowest BCUT2D eigenvalue weighted by Gasteiger charge is -2.13. The zero-order valence-electron chi connectivity index (χ0n) is 16.4. The lowest BCUT2D eigenvalue weighted by molar-refractivity contribution is 0.0424. The van der Waals surface area contributed by atoms with Gasteiger partial charge in [0, 0.05) is 39.3 Å². The Morgan fingerprint density at radius 1 is 1.07 bits per heavy atom. The molecule has 0 spiro atoms. The largest absolute Gasteiger partial charge is 0.469 e. The van der Waals surface area contributed by atoms with E-state index in [2.05, 4.69) is 34.9 Å². The fourth-order valence-corrected chi connectivity index (χ4v) is 3.05. The molecule has 0 amide bonds. The van der Waals surface area contributed by atoms with Crippen LogP contribution in [0.2, 0.25) is 0 Å². The Kier molecular flexibility index (Phi) is 8.91. The van der Waals surface area contributed by atoms with E-state index in [0.29, 0.717) is 0 Å². The first kappa shape index (κ1) is 20.4. The predicted octanol–water partition coefficient (Wildman–Crippen LogP) is 2.80. The Hall–Kier alpha value is -2.31. The number of rotatable bonds is 11. The molecular weight excluding hydrogens is 354 g/mol. The van der Waals surface area contributed by atoms with Crippen LogP contribution < -0.4 is 10.6 Å². The second kappa shape index (κ2) is 12.2. The summed E-state index contributed by atoms with van der Waals surface area (Å²) in [6, 6.07) is 14.4. The van der Waals surface area contributed by atoms with Crippen LogP contribution in [0.5, 0.6) is 0 Å². The molecular formula is C22H31N3O3. The molecule has 28 heavy (non-hydrogen) atoms. The van der Waals surface area contributed by atoms with E-state index in [1.165, 1.54) is 5.56 Å². The lowest BCUT2D eigenvalue weighted by Crippen LogP contribution is -2.39. The molecule has 1 atom stereocenters. The molecule has 0 aliphatic carbocycles. The topological polar surface area (TPSA) is 68.0 Å². The van der Waals surface area contributed by atoms with Gasteiger partial charge < -0.3 is 24.5 Å². The van der Waals surface area contributed by atoms with Gasteiger partial charge in [0.1, 0.15) is 5.76 Å². The van der Waals surface area contributed by atoms with Crippen molar-refractivity contribution in [2.24, 2.45) is 4.99 Å². The molecule has 1 aliphatic rings. The molecule has 2 heterocycles. The molecule has 152 valence electrons. The number of guanidine groups is 1. The second-order valence-electron chi connectivity index (χ2n) is 6.86. The molecule has 0 bridgehead atoms. The fourth-order valence-electron chi connectivity index (χ4n) is 3.05. The van der Waals surface area contributed by atoms with Gasteiger partial charge in [0.15, 0.2) is 5.96 Å². The Balaban J connectivity index is 1.39. The zero-order chi connectivity index (χ0) is 19.3. The van der Waals surface area contributed by atoms with Gasteiger partial charge >= 0.3 is 0 Å². The summed E-state index contributed by atoms with van der Waals surface area (Å²) in [7, 11) is 0. The van der Waals surface area contributed by atoms with Gasteiger partial charge in [-0.05, 0) is 37.0 Å². The first-order valence-electron chi connectivity index (χ1n) is 10.2. The molecule has 6 nitrogen and oxygen atoms in total. The van der Waals surface area contributed by atoms with Crippen LogP contribution in [0.25, 0.3) is 0 Å². The monoisotopic (exact) mass is 385 g/mol. The van der Waals surface area contributed by atoms with Gasteiger partial charge in [0.2, 0.25) is 0 Å². The van der Waals surface area contributed by atoms with Crippen molar-refractivity contribution in [1.82, 2.24) is 10.6 Å². The quantitative estimate of drug-likeness (QED) is 0.354. The number of ether oxygens (including phenoxy) is 2. The lowest BCUT2D eigenvalue weighted by atomic mass is 10.1. The van der Waals surface area contributed by atoms with E-state index in [-0.39, 0.29) is 6.10 Å². The molecule has 3 rings (SSSR count). The van der Waals surface area contributed by atoms with E-state index in [0.717, 1.165) is 76.9 Å². The molecule has 1 aromatic heterocycles. The number of nitrogens with one attached hydrogen (secondary N) is 2. The van der Waals surface area contributed by atoms with Crippen molar-refractivity contribution in [1.29, 1.82) is 0 Å². The molecule has 0 saturated carbocycles. The third-order valence-electron chi connectivity index (χ3n) is 4.61.